The molecule has 0 radical (unpaired) electrons. The third kappa shape index (κ3) is 4.04. The average molecular weight is 412 g/mol. The first kappa shape index (κ1) is 20.7. The lowest BCUT2D eigenvalue weighted by atomic mass is 9.87. The molecule has 0 heterocycles. The van der Waals surface area contributed by atoms with Gasteiger partial charge in [0.15, 0.2) is 11.3 Å². The van der Waals surface area contributed by atoms with Gasteiger partial charge in [0, 0.05) is 31.0 Å². The first-order chi connectivity index (χ1) is 13.2. The third-order valence-electron chi connectivity index (χ3n) is 4.96. The highest BCUT2D eigenvalue weighted by Crippen LogP contribution is 2.40. The lowest BCUT2D eigenvalue weighted by Crippen LogP contribution is -2.48. The molecule has 0 aliphatic heterocycles. The number of fused-ring (bicyclic) bond motifs is 1. The largest absolute Gasteiger partial charge is 0.418 e. The van der Waals surface area contributed by atoms with Crippen LogP contribution < -0.4 is 5.32 Å². The molecule has 2 atom stereocenters. The molecular weight excluding hydrogens is 391 g/mol. The van der Waals surface area contributed by atoms with Gasteiger partial charge >= 0.3 is 6.18 Å². The van der Waals surface area contributed by atoms with Gasteiger partial charge in [0.05, 0.1) is 5.88 Å². The van der Waals surface area contributed by atoms with Gasteiger partial charge in [-0.1, -0.05) is 54.1 Å². The Morgan fingerprint density at radius 2 is 1.89 bits per heavy atom. The Labute approximate surface area is 166 Å². The van der Waals surface area contributed by atoms with Gasteiger partial charge < -0.3 is 15.2 Å². The van der Waals surface area contributed by atoms with Crippen LogP contribution in [-0.2, 0) is 4.74 Å². The zero-order valence-corrected chi connectivity index (χ0v) is 16.0. The molecule has 7 heteroatoms. The van der Waals surface area contributed by atoms with Crippen LogP contribution in [0.25, 0.3) is 10.8 Å². The van der Waals surface area contributed by atoms with Crippen molar-refractivity contribution >= 4 is 28.1 Å². The van der Waals surface area contributed by atoms with Gasteiger partial charge in [0.2, 0.25) is 0 Å². The fraction of sp³-hybridized carbons (Fsp3) is 0.333. The number of alkyl halides is 4. The monoisotopic (exact) mass is 411 g/mol. The molecule has 0 fully saturated rings. The normalized spacial score (nSPS) is 22.0. The molecule has 1 aliphatic carbocycles. The van der Waals surface area contributed by atoms with Gasteiger partial charge in [-0.05, 0) is 17.5 Å². The quantitative estimate of drug-likeness (QED) is 0.493. The van der Waals surface area contributed by atoms with Crippen molar-refractivity contribution in [2.45, 2.75) is 30.3 Å². The van der Waals surface area contributed by atoms with E-state index >= 15 is 0 Å². The fourth-order valence-corrected chi connectivity index (χ4v) is 3.60. The maximum atomic E-state index is 13.2. The molecule has 150 valence electrons. The predicted octanol–water partition coefficient (Wildman–Crippen LogP) is 5.40. The second kappa shape index (κ2) is 7.78. The molecule has 1 aliphatic rings. The summed E-state index contributed by atoms with van der Waals surface area (Å²) in [5, 5.41) is 15.3. The highest BCUT2D eigenvalue weighted by Gasteiger charge is 2.53. The van der Waals surface area contributed by atoms with Crippen LogP contribution in [-0.4, -0.2) is 35.6 Å². The van der Waals surface area contributed by atoms with E-state index in [2.05, 4.69) is 5.32 Å². The SMILES string of the molecule is COC1(Nc2cccc3ccccc23)C=CC=C(CC(O)(CCl)C(F)(F)F)C1. The van der Waals surface area contributed by atoms with E-state index in [0.717, 1.165) is 16.5 Å². The summed E-state index contributed by atoms with van der Waals surface area (Å²) in [5.74, 6) is -0.936. The first-order valence-electron chi connectivity index (χ1n) is 8.75. The molecule has 2 unspecified atom stereocenters. The molecule has 3 nitrogen and oxygen atoms in total. The van der Waals surface area contributed by atoms with Crippen molar-refractivity contribution in [3.63, 3.8) is 0 Å². The number of halogens is 4. The summed E-state index contributed by atoms with van der Waals surface area (Å²) < 4.78 is 45.3. The Hall–Kier alpha value is -2.02. The number of rotatable bonds is 6. The Morgan fingerprint density at radius 3 is 2.57 bits per heavy atom. The minimum absolute atomic E-state index is 0.137. The fourth-order valence-electron chi connectivity index (χ4n) is 3.35. The molecule has 0 spiro atoms. The maximum Gasteiger partial charge on any atom is 0.418 e. The van der Waals surface area contributed by atoms with Gasteiger partial charge in [0.25, 0.3) is 0 Å². The Morgan fingerprint density at radius 1 is 1.18 bits per heavy atom. The molecule has 0 saturated carbocycles. The maximum absolute atomic E-state index is 13.2. The van der Waals surface area contributed by atoms with Gasteiger partial charge in [-0.25, -0.2) is 0 Å². The average Bonchev–Trinajstić information content (AvgIpc) is 2.67. The molecular formula is C21H21ClF3NO2. The van der Waals surface area contributed by atoms with E-state index in [1.54, 1.807) is 18.2 Å². The summed E-state index contributed by atoms with van der Waals surface area (Å²) in [6.07, 6.45) is -0.358. The number of hydrogen-bond acceptors (Lipinski definition) is 3. The molecule has 0 aromatic heterocycles. The lowest BCUT2D eigenvalue weighted by Gasteiger charge is -2.37. The number of methoxy groups -OCH3 is 1. The summed E-state index contributed by atoms with van der Waals surface area (Å²) in [6, 6.07) is 13.5. The van der Waals surface area contributed by atoms with Crippen LogP contribution in [0.3, 0.4) is 0 Å². The minimum atomic E-state index is -4.82. The zero-order chi connectivity index (χ0) is 20.4. The molecule has 28 heavy (non-hydrogen) atoms. The van der Waals surface area contributed by atoms with Crippen LogP contribution in [0.1, 0.15) is 12.8 Å². The van der Waals surface area contributed by atoms with Crippen molar-refractivity contribution in [1.29, 1.82) is 0 Å². The molecule has 0 bridgehead atoms. The number of anilines is 1. The van der Waals surface area contributed by atoms with Gasteiger partial charge in [-0.2, -0.15) is 13.2 Å². The number of aliphatic hydroxyl groups is 1. The molecule has 2 N–H and O–H groups in total. The molecule has 0 saturated heterocycles. The Balaban J connectivity index is 1.87. The highest BCUT2D eigenvalue weighted by molar-refractivity contribution is 6.18. The molecule has 2 aromatic rings. The summed E-state index contributed by atoms with van der Waals surface area (Å²) in [7, 11) is 1.49. The first-order valence-corrected chi connectivity index (χ1v) is 9.29. The van der Waals surface area contributed by atoms with E-state index in [-0.39, 0.29) is 6.42 Å². The van der Waals surface area contributed by atoms with Crippen LogP contribution in [0.15, 0.2) is 66.3 Å². The smallest absolute Gasteiger partial charge is 0.379 e. The standard InChI is InChI=1S/C21H21ClF3NO2/c1-28-20(26-18-10-4-8-16-7-2-3-9-17(16)18)11-5-6-15(13-20)12-19(27,14-22)21(23,24)25/h2-11,26-27H,12-14H2,1H3. The van der Waals surface area contributed by atoms with Crippen molar-refractivity contribution in [2.24, 2.45) is 0 Å². The Bertz CT molecular complexity index is 907. The van der Waals surface area contributed by atoms with Gasteiger partial charge in [-0.3, -0.25) is 0 Å². The summed E-state index contributed by atoms with van der Waals surface area (Å²) >= 11 is 5.45. The lowest BCUT2D eigenvalue weighted by molar-refractivity contribution is -0.250. The summed E-state index contributed by atoms with van der Waals surface area (Å²) in [4.78, 5) is 0. The van der Waals surface area contributed by atoms with Crippen molar-refractivity contribution in [3.8, 4) is 0 Å². The van der Waals surface area contributed by atoms with E-state index in [4.69, 9.17) is 16.3 Å². The summed E-state index contributed by atoms with van der Waals surface area (Å²) in [6.45, 7) is 0. The molecule has 0 amide bonds. The van der Waals surface area contributed by atoms with Crippen molar-refractivity contribution in [2.75, 3.05) is 18.3 Å². The van der Waals surface area contributed by atoms with Gasteiger partial charge in [-0.15, -0.1) is 11.6 Å². The summed E-state index contributed by atoms with van der Waals surface area (Å²) in [5.41, 5.74) is -2.83. The van der Waals surface area contributed by atoms with E-state index in [9.17, 15) is 18.3 Å². The zero-order valence-electron chi connectivity index (χ0n) is 15.3. The second-order valence-corrected chi connectivity index (χ2v) is 7.21. The minimum Gasteiger partial charge on any atom is -0.379 e. The number of nitrogens with one attached hydrogen (secondary N) is 1. The predicted molar refractivity (Wildman–Crippen MR) is 105 cm³/mol. The van der Waals surface area contributed by atoms with Crippen LogP contribution in [0.2, 0.25) is 0 Å². The third-order valence-corrected chi connectivity index (χ3v) is 5.40. The number of allylic oxidation sites excluding steroid dienone is 2. The topological polar surface area (TPSA) is 41.5 Å². The Kier molecular flexibility index (Phi) is 5.75. The van der Waals surface area contributed by atoms with E-state index in [1.807, 2.05) is 42.5 Å². The number of benzene rings is 2. The molecule has 2 aromatic carbocycles. The molecule has 3 rings (SSSR count). The van der Waals surface area contributed by atoms with Gasteiger partial charge in [0.1, 0.15) is 0 Å². The number of ether oxygens (including phenoxy) is 1. The van der Waals surface area contributed by atoms with E-state index in [0.29, 0.717) is 5.57 Å². The second-order valence-electron chi connectivity index (χ2n) is 6.95. The van der Waals surface area contributed by atoms with Crippen LogP contribution in [0.5, 0.6) is 0 Å². The van der Waals surface area contributed by atoms with Crippen molar-refractivity contribution in [3.05, 3.63) is 66.3 Å². The van der Waals surface area contributed by atoms with Crippen molar-refractivity contribution in [1.82, 2.24) is 0 Å². The highest BCUT2D eigenvalue weighted by atomic mass is 35.5. The van der Waals surface area contributed by atoms with E-state index in [1.165, 1.54) is 7.11 Å². The van der Waals surface area contributed by atoms with Crippen LogP contribution >= 0.6 is 11.6 Å². The number of hydrogen-bond donors (Lipinski definition) is 2. The van der Waals surface area contributed by atoms with E-state index < -0.39 is 29.8 Å². The van der Waals surface area contributed by atoms with Crippen LogP contribution in [0, 0.1) is 0 Å². The van der Waals surface area contributed by atoms with Crippen LogP contribution in [0.4, 0.5) is 18.9 Å². The van der Waals surface area contributed by atoms with Crippen molar-refractivity contribution < 1.29 is 23.0 Å².